The highest BCUT2D eigenvalue weighted by molar-refractivity contribution is 7.89. The number of ether oxygens (including phenoxy) is 2. The summed E-state index contributed by atoms with van der Waals surface area (Å²) in [5.41, 5.74) is -0.190. The molecule has 160 valence electrons. The van der Waals surface area contributed by atoms with Crippen LogP contribution < -0.4 is 15.2 Å². The summed E-state index contributed by atoms with van der Waals surface area (Å²) >= 11 is 0. The lowest BCUT2D eigenvalue weighted by Gasteiger charge is -2.32. The summed E-state index contributed by atoms with van der Waals surface area (Å²) in [6, 6.07) is 4.66. The second-order valence-electron chi connectivity index (χ2n) is 7.45. The average molecular weight is 425 g/mol. The summed E-state index contributed by atoms with van der Waals surface area (Å²) < 4.78 is 41.7. The van der Waals surface area contributed by atoms with Gasteiger partial charge in [0, 0.05) is 38.2 Å². The number of hydrogen-bond donors (Lipinski definition) is 0. The normalized spacial score (nSPS) is 18.2. The maximum atomic E-state index is 13.4. The Hall–Kier alpha value is -2.33. The topological polar surface area (TPSA) is 95.7 Å². The van der Waals surface area contributed by atoms with Gasteiger partial charge in [0.1, 0.15) is 22.2 Å². The van der Waals surface area contributed by atoms with Crippen molar-refractivity contribution in [3.8, 4) is 11.5 Å². The smallest absolute Gasteiger partial charge is 0.345 e. The first-order chi connectivity index (χ1) is 13.7. The third-order valence-electron chi connectivity index (χ3n) is 5.24. The number of rotatable bonds is 6. The highest BCUT2D eigenvalue weighted by Gasteiger charge is 2.35. The van der Waals surface area contributed by atoms with Crippen LogP contribution >= 0.6 is 0 Å². The van der Waals surface area contributed by atoms with E-state index in [0.29, 0.717) is 24.5 Å². The van der Waals surface area contributed by atoms with Crippen molar-refractivity contribution in [2.24, 2.45) is 7.05 Å². The zero-order chi connectivity index (χ0) is 21.3. The Morgan fingerprint density at radius 3 is 2.55 bits per heavy atom. The Bertz CT molecular complexity index is 1040. The van der Waals surface area contributed by atoms with Crippen LogP contribution in [-0.4, -0.2) is 54.4 Å². The van der Waals surface area contributed by atoms with E-state index in [1.165, 1.54) is 29.3 Å². The second kappa shape index (κ2) is 8.19. The van der Waals surface area contributed by atoms with Crippen molar-refractivity contribution in [2.45, 2.75) is 43.5 Å². The molecule has 2 heterocycles. The molecule has 1 aliphatic rings. The van der Waals surface area contributed by atoms with Gasteiger partial charge in [0.2, 0.25) is 10.0 Å². The van der Waals surface area contributed by atoms with Crippen LogP contribution in [0.25, 0.3) is 0 Å². The summed E-state index contributed by atoms with van der Waals surface area (Å²) in [5.74, 6) is 1.18. The lowest BCUT2D eigenvalue weighted by molar-refractivity contribution is 0.299. The molecule has 0 aliphatic carbocycles. The molecular formula is C19H28N4O5S. The average Bonchev–Trinajstić information content (AvgIpc) is 3.02. The monoisotopic (exact) mass is 424 g/mol. The molecular weight excluding hydrogens is 396 g/mol. The largest absolute Gasteiger partial charge is 0.497 e. The Balaban J connectivity index is 1.98. The number of hydrogen-bond acceptors (Lipinski definition) is 6. The van der Waals surface area contributed by atoms with Crippen LogP contribution in [-0.2, 0) is 17.1 Å². The minimum Gasteiger partial charge on any atom is -0.497 e. The number of aromatic nitrogens is 3. The Morgan fingerprint density at radius 1 is 1.21 bits per heavy atom. The molecule has 1 aromatic carbocycles. The molecule has 1 aliphatic heterocycles. The van der Waals surface area contributed by atoms with Crippen molar-refractivity contribution in [2.75, 3.05) is 27.3 Å². The summed E-state index contributed by atoms with van der Waals surface area (Å²) in [5, 5.41) is 4.41. The highest BCUT2D eigenvalue weighted by Crippen LogP contribution is 2.34. The second-order valence-corrected chi connectivity index (χ2v) is 9.35. The van der Waals surface area contributed by atoms with Crippen LogP contribution in [0.2, 0.25) is 0 Å². The quantitative estimate of drug-likeness (QED) is 0.701. The molecule has 0 saturated carbocycles. The van der Waals surface area contributed by atoms with E-state index < -0.39 is 10.0 Å². The molecule has 1 atom stereocenters. The number of methoxy groups -OCH3 is 2. The lowest BCUT2D eigenvalue weighted by atomic mass is 9.98. The third kappa shape index (κ3) is 3.91. The molecule has 29 heavy (non-hydrogen) atoms. The van der Waals surface area contributed by atoms with E-state index >= 15 is 0 Å². The summed E-state index contributed by atoms with van der Waals surface area (Å²) in [7, 11) is 0.733. The van der Waals surface area contributed by atoms with Gasteiger partial charge in [0.25, 0.3) is 0 Å². The molecule has 0 N–H and O–H groups in total. The molecule has 0 radical (unpaired) electrons. The van der Waals surface area contributed by atoms with E-state index in [1.807, 2.05) is 13.8 Å². The first-order valence-corrected chi connectivity index (χ1v) is 11.0. The molecule has 2 aromatic rings. The fraction of sp³-hybridized carbons (Fsp3) is 0.579. The molecule has 10 heteroatoms. The SMILES string of the molecule is COc1ccc(OC)c(S(=O)(=O)N2CCCC(c3nn(C)c(=O)n3C(C)C)C2)c1. The summed E-state index contributed by atoms with van der Waals surface area (Å²) in [6.07, 6.45) is 1.45. The van der Waals surface area contributed by atoms with Gasteiger partial charge in [0.15, 0.2) is 0 Å². The fourth-order valence-corrected chi connectivity index (χ4v) is 5.45. The van der Waals surface area contributed by atoms with Crippen molar-refractivity contribution in [3.63, 3.8) is 0 Å². The number of nitrogens with zero attached hydrogens (tertiary/aromatic N) is 4. The maximum Gasteiger partial charge on any atom is 0.345 e. The Labute approximate surface area is 170 Å². The van der Waals surface area contributed by atoms with E-state index in [-0.39, 0.29) is 34.8 Å². The van der Waals surface area contributed by atoms with Gasteiger partial charge in [-0.3, -0.25) is 4.57 Å². The van der Waals surface area contributed by atoms with Crippen LogP contribution in [0.15, 0.2) is 27.9 Å². The first kappa shape index (κ1) is 21.4. The first-order valence-electron chi connectivity index (χ1n) is 9.58. The van der Waals surface area contributed by atoms with Crippen LogP contribution in [0.4, 0.5) is 0 Å². The highest BCUT2D eigenvalue weighted by atomic mass is 32.2. The molecule has 1 aromatic heterocycles. The summed E-state index contributed by atoms with van der Waals surface area (Å²) in [4.78, 5) is 12.5. The fourth-order valence-electron chi connectivity index (χ4n) is 3.76. The van der Waals surface area contributed by atoms with Gasteiger partial charge in [-0.15, -0.1) is 0 Å². The maximum absolute atomic E-state index is 13.4. The molecule has 3 rings (SSSR count). The summed E-state index contributed by atoms with van der Waals surface area (Å²) in [6.45, 7) is 4.50. The van der Waals surface area contributed by atoms with Gasteiger partial charge in [-0.05, 0) is 38.8 Å². The van der Waals surface area contributed by atoms with E-state index in [1.54, 1.807) is 23.7 Å². The van der Waals surface area contributed by atoms with Crippen LogP contribution in [0.3, 0.4) is 0 Å². The zero-order valence-electron chi connectivity index (χ0n) is 17.5. The van der Waals surface area contributed by atoms with Gasteiger partial charge in [0.05, 0.1) is 14.2 Å². The molecule has 0 amide bonds. The molecule has 9 nitrogen and oxygen atoms in total. The molecule has 0 bridgehead atoms. The van der Waals surface area contributed by atoms with Gasteiger partial charge in [-0.2, -0.15) is 9.40 Å². The van der Waals surface area contributed by atoms with Gasteiger partial charge in [-0.25, -0.2) is 17.9 Å². The predicted octanol–water partition coefficient (Wildman–Crippen LogP) is 1.75. The van der Waals surface area contributed by atoms with E-state index in [2.05, 4.69) is 5.10 Å². The van der Waals surface area contributed by atoms with Crippen LogP contribution in [0, 0.1) is 0 Å². The van der Waals surface area contributed by atoms with Crippen LogP contribution in [0.1, 0.15) is 44.5 Å². The minimum absolute atomic E-state index is 0.0586. The Morgan fingerprint density at radius 2 is 1.93 bits per heavy atom. The number of sulfonamides is 1. The zero-order valence-corrected chi connectivity index (χ0v) is 18.3. The standard InChI is InChI=1S/C19H28N4O5S/c1-13(2)23-18(20-21(3)19(23)24)14-7-6-10-22(12-14)29(25,26)17-11-15(27-4)8-9-16(17)28-5/h8-9,11,13-14H,6-7,10,12H2,1-5H3. The van der Waals surface area contributed by atoms with Crippen molar-refractivity contribution in [1.29, 1.82) is 0 Å². The Kier molecular flexibility index (Phi) is 6.04. The van der Waals surface area contributed by atoms with Crippen molar-refractivity contribution in [3.05, 3.63) is 34.5 Å². The number of benzene rings is 1. The molecule has 1 fully saturated rings. The van der Waals surface area contributed by atoms with Crippen molar-refractivity contribution < 1.29 is 17.9 Å². The minimum atomic E-state index is -3.81. The third-order valence-corrected chi connectivity index (χ3v) is 7.12. The van der Waals surface area contributed by atoms with E-state index in [9.17, 15) is 13.2 Å². The van der Waals surface area contributed by atoms with Gasteiger partial charge in [-0.1, -0.05) is 0 Å². The van der Waals surface area contributed by atoms with E-state index in [4.69, 9.17) is 9.47 Å². The van der Waals surface area contributed by atoms with Gasteiger partial charge >= 0.3 is 5.69 Å². The molecule has 1 saturated heterocycles. The predicted molar refractivity (Wildman–Crippen MR) is 108 cm³/mol. The van der Waals surface area contributed by atoms with Gasteiger partial charge < -0.3 is 9.47 Å². The number of aryl methyl sites for hydroxylation is 1. The van der Waals surface area contributed by atoms with Crippen molar-refractivity contribution in [1.82, 2.24) is 18.7 Å². The molecule has 0 spiro atoms. The van der Waals surface area contributed by atoms with E-state index in [0.717, 1.165) is 6.42 Å². The van der Waals surface area contributed by atoms with Crippen molar-refractivity contribution >= 4 is 10.0 Å². The molecule has 1 unspecified atom stereocenters. The van der Waals surface area contributed by atoms with Crippen LogP contribution in [0.5, 0.6) is 11.5 Å². The number of piperidine rings is 1. The lowest BCUT2D eigenvalue weighted by Crippen LogP contribution is -2.40.